The van der Waals surface area contributed by atoms with Crippen molar-refractivity contribution >= 4 is 29.3 Å². The number of fused-ring (bicyclic) bond motifs is 1. The van der Waals surface area contributed by atoms with E-state index in [2.05, 4.69) is 31.3 Å². The van der Waals surface area contributed by atoms with E-state index in [9.17, 15) is 4.79 Å². The minimum atomic E-state index is -0.0981. The average Bonchev–Trinajstić information content (AvgIpc) is 2.62. The van der Waals surface area contributed by atoms with E-state index in [1.807, 2.05) is 43.0 Å². The van der Waals surface area contributed by atoms with Crippen LogP contribution in [0.3, 0.4) is 0 Å². The fourth-order valence-corrected chi connectivity index (χ4v) is 4.42. The summed E-state index contributed by atoms with van der Waals surface area (Å²) in [6.45, 7) is 6.12. The second-order valence-corrected chi connectivity index (χ2v) is 8.42. The van der Waals surface area contributed by atoms with Crippen molar-refractivity contribution in [2.75, 3.05) is 12.4 Å². The molecule has 26 heavy (non-hydrogen) atoms. The van der Waals surface area contributed by atoms with Crippen molar-refractivity contribution in [1.29, 1.82) is 0 Å². The minimum absolute atomic E-state index is 0.00655. The molecule has 2 aromatic rings. The maximum absolute atomic E-state index is 12.5. The molecule has 3 nitrogen and oxygen atoms in total. The summed E-state index contributed by atoms with van der Waals surface area (Å²) in [5.41, 5.74) is 3.17. The molecule has 1 aliphatic rings. The lowest BCUT2D eigenvalue weighted by Gasteiger charge is -2.26. The van der Waals surface area contributed by atoms with Crippen molar-refractivity contribution in [2.45, 2.75) is 44.0 Å². The van der Waals surface area contributed by atoms with Crippen LogP contribution in [0.4, 0.5) is 0 Å². The molecule has 0 fully saturated rings. The third-order valence-electron chi connectivity index (χ3n) is 4.57. The van der Waals surface area contributed by atoms with Crippen molar-refractivity contribution in [1.82, 2.24) is 5.32 Å². The number of aryl methyl sites for hydroxylation is 1. The zero-order valence-electron chi connectivity index (χ0n) is 15.3. The van der Waals surface area contributed by atoms with Gasteiger partial charge in [-0.05, 0) is 54.2 Å². The number of carbonyl (C=O) groups excluding carboxylic acids is 1. The topological polar surface area (TPSA) is 38.3 Å². The molecule has 5 heteroatoms. The molecule has 2 aromatic carbocycles. The van der Waals surface area contributed by atoms with Crippen LogP contribution < -0.4 is 10.1 Å². The van der Waals surface area contributed by atoms with E-state index >= 15 is 0 Å². The van der Waals surface area contributed by atoms with Gasteiger partial charge in [0.25, 0.3) is 5.91 Å². The van der Waals surface area contributed by atoms with Gasteiger partial charge in [-0.1, -0.05) is 43.6 Å². The van der Waals surface area contributed by atoms with E-state index in [1.165, 1.54) is 10.5 Å². The highest BCUT2D eigenvalue weighted by Crippen LogP contribution is 2.36. The molecule has 3 rings (SSSR count). The first kappa shape index (κ1) is 19.1. The number of hydrogen-bond acceptors (Lipinski definition) is 3. The number of halogens is 1. The molecule has 0 saturated heterocycles. The van der Waals surface area contributed by atoms with E-state index in [1.54, 1.807) is 0 Å². The quantitative estimate of drug-likeness (QED) is 0.733. The number of carbonyl (C=O) groups is 1. The van der Waals surface area contributed by atoms with Crippen LogP contribution in [0.5, 0.6) is 5.75 Å². The second-order valence-electron chi connectivity index (χ2n) is 6.88. The molecule has 0 bridgehead atoms. The molecule has 1 N–H and O–H groups in total. The number of thioether (sulfide) groups is 1. The van der Waals surface area contributed by atoms with Gasteiger partial charge in [0.05, 0.1) is 6.04 Å². The maximum Gasteiger partial charge on any atom is 0.258 e. The number of ether oxygens (including phenoxy) is 1. The Bertz CT molecular complexity index is 807. The van der Waals surface area contributed by atoms with E-state index in [-0.39, 0.29) is 24.5 Å². The number of rotatable bonds is 5. The molecule has 1 aliphatic heterocycles. The van der Waals surface area contributed by atoms with Crippen LogP contribution in [-0.2, 0) is 4.79 Å². The number of hydrogen-bond donors (Lipinski definition) is 1. The van der Waals surface area contributed by atoms with Crippen molar-refractivity contribution in [3.8, 4) is 5.75 Å². The van der Waals surface area contributed by atoms with Gasteiger partial charge in [0, 0.05) is 15.7 Å². The fraction of sp³-hybridized carbons (Fsp3) is 0.381. The van der Waals surface area contributed by atoms with Gasteiger partial charge in [-0.3, -0.25) is 4.79 Å². The lowest BCUT2D eigenvalue weighted by molar-refractivity contribution is -0.123. The molecule has 0 radical (unpaired) electrons. The summed E-state index contributed by atoms with van der Waals surface area (Å²) in [7, 11) is 0. The van der Waals surface area contributed by atoms with E-state index in [0.717, 1.165) is 34.1 Å². The summed E-state index contributed by atoms with van der Waals surface area (Å²) in [6, 6.07) is 12.2. The fourth-order valence-electron chi connectivity index (χ4n) is 3.12. The molecule has 1 atom stereocenters. The lowest BCUT2D eigenvalue weighted by Crippen LogP contribution is -2.34. The smallest absolute Gasteiger partial charge is 0.258 e. The Balaban J connectivity index is 1.66. The van der Waals surface area contributed by atoms with Gasteiger partial charge in [-0.2, -0.15) is 0 Å². The Hall–Kier alpha value is -1.65. The summed E-state index contributed by atoms with van der Waals surface area (Å²) in [5, 5.41) is 3.84. The van der Waals surface area contributed by atoms with Gasteiger partial charge in [-0.15, -0.1) is 11.8 Å². The molecule has 0 saturated carbocycles. The number of amides is 1. The Morgan fingerprint density at radius 1 is 1.35 bits per heavy atom. The average molecular weight is 390 g/mol. The van der Waals surface area contributed by atoms with Crippen LogP contribution >= 0.6 is 23.4 Å². The Kier molecular flexibility index (Phi) is 6.15. The van der Waals surface area contributed by atoms with Gasteiger partial charge in [0.1, 0.15) is 5.75 Å². The SMILES string of the molecule is Cc1cc(OCC(=O)NC2CCSc3ccccc32)c(C(C)C)cc1Cl. The molecule has 1 heterocycles. The van der Waals surface area contributed by atoms with Crippen LogP contribution in [0.25, 0.3) is 0 Å². The molecule has 0 aromatic heterocycles. The van der Waals surface area contributed by atoms with Crippen LogP contribution in [0.1, 0.15) is 48.9 Å². The van der Waals surface area contributed by atoms with Gasteiger partial charge >= 0.3 is 0 Å². The minimum Gasteiger partial charge on any atom is -0.483 e. The molecule has 1 unspecified atom stereocenters. The standard InChI is InChI=1S/C21H24ClNO2S/c1-13(2)16-11-17(22)14(3)10-19(16)25-12-21(24)23-18-8-9-26-20-7-5-4-6-15(18)20/h4-7,10-11,13,18H,8-9,12H2,1-3H3,(H,23,24). The molecular weight excluding hydrogens is 366 g/mol. The van der Waals surface area contributed by atoms with Gasteiger partial charge in [0.15, 0.2) is 6.61 Å². The van der Waals surface area contributed by atoms with Gasteiger partial charge < -0.3 is 10.1 Å². The first-order valence-electron chi connectivity index (χ1n) is 8.89. The normalized spacial score (nSPS) is 16.3. The Morgan fingerprint density at radius 2 is 2.12 bits per heavy atom. The molecular formula is C21H24ClNO2S. The van der Waals surface area contributed by atoms with Crippen LogP contribution in [0.2, 0.25) is 5.02 Å². The Morgan fingerprint density at radius 3 is 2.88 bits per heavy atom. The van der Waals surface area contributed by atoms with Gasteiger partial charge in [-0.25, -0.2) is 0 Å². The van der Waals surface area contributed by atoms with Crippen LogP contribution in [0, 0.1) is 6.92 Å². The lowest BCUT2D eigenvalue weighted by atomic mass is 10.0. The summed E-state index contributed by atoms with van der Waals surface area (Å²) in [5.74, 6) is 1.92. The van der Waals surface area contributed by atoms with Crippen molar-refractivity contribution < 1.29 is 9.53 Å². The molecule has 0 spiro atoms. The second kappa shape index (κ2) is 8.36. The largest absolute Gasteiger partial charge is 0.483 e. The maximum atomic E-state index is 12.5. The zero-order chi connectivity index (χ0) is 18.7. The summed E-state index contributed by atoms with van der Waals surface area (Å²) < 4.78 is 5.85. The molecule has 0 aliphatic carbocycles. The Labute approximate surface area is 164 Å². The predicted molar refractivity (Wildman–Crippen MR) is 108 cm³/mol. The first-order chi connectivity index (χ1) is 12.5. The van der Waals surface area contributed by atoms with E-state index in [0.29, 0.717) is 0 Å². The summed E-state index contributed by atoms with van der Waals surface area (Å²) >= 11 is 8.08. The van der Waals surface area contributed by atoms with Gasteiger partial charge in [0.2, 0.25) is 0 Å². The third-order valence-corrected chi connectivity index (χ3v) is 6.10. The summed E-state index contributed by atoms with van der Waals surface area (Å²) in [4.78, 5) is 13.7. The first-order valence-corrected chi connectivity index (χ1v) is 10.3. The van der Waals surface area contributed by atoms with E-state index in [4.69, 9.17) is 16.3 Å². The molecule has 138 valence electrons. The summed E-state index contributed by atoms with van der Waals surface area (Å²) in [6.07, 6.45) is 0.935. The van der Waals surface area contributed by atoms with Crippen molar-refractivity contribution in [2.24, 2.45) is 0 Å². The monoisotopic (exact) mass is 389 g/mol. The predicted octanol–water partition coefficient (Wildman–Crippen LogP) is 5.50. The van der Waals surface area contributed by atoms with Crippen molar-refractivity contribution in [3.05, 3.63) is 58.1 Å². The zero-order valence-corrected chi connectivity index (χ0v) is 16.9. The number of benzene rings is 2. The highest BCUT2D eigenvalue weighted by molar-refractivity contribution is 7.99. The van der Waals surface area contributed by atoms with Crippen molar-refractivity contribution in [3.63, 3.8) is 0 Å². The van der Waals surface area contributed by atoms with Crippen LogP contribution in [0.15, 0.2) is 41.3 Å². The molecule has 1 amide bonds. The van der Waals surface area contributed by atoms with Crippen LogP contribution in [-0.4, -0.2) is 18.3 Å². The highest BCUT2D eigenvalue weighted by Gasteiger charge is 2.22. The third kappa shape index (κ3) is 4.36. The number of nitrogens with one attached hydrogen (secondary N) is 1. The highest BCUT2D eigenvalue weighted by atomic mass is 35.5. The van der Waals surface area contributed by atoms with E-state index < -0.39 is 0 Å².